The van der Waals surface area contributed by atoms with Gasteiger partial charge < -0.3 is 15.0 Å². The molecule has 198 valence electrons. The number of nitrogens with zero attached hydrogens (tertiary/aromatic N) is 2. The number of alkyl halides is 3. The highest BCUT2D eigenvalue weighted by Crippen LogP contribution is 2.32. The summed E-state index contributed by atoms with van der Waals surface area (Å²) in [5.74, 6) is -0.723. The molecule has 2 rings (SSSR count). The van der Waals surface area contributed by atoms with Crippen LogP contribution in [-0.4, -0.2) is 57.1 Å². The Balaban J connectivity index is 2.46. The summed E-state index contributed by atoms with van der Waals surface area (Å²) in [4.78, 5) is 27.3. The Bertz CT molecular complexity index is 1190. The molecule has 0 aliphatic rings. The smallest absolute Gasteiger partial charge is 0.416 e. The van der Waals surface area contributed by atoms with Gasteiger partial charge in [-0.2, -0.15) is 13.2 Å². The Morgan fingerprint density at radius 1 is 1.06 bits per heavy atom. The Kier molecular flexibility index (Phi) is 9.36. The van der Waals surface area contributed by atoms with Gasteiger partial charge >= 0.3 is 6.18 Å². The number of hydrogen-bond acceptors (Lipinski definition) is 5. The lowest BCUT2D eigenvalue weighted by Crippen LogP contribution is -2.52. The van der Waals surface area contributed by atoms with E-state index in [1.165, 1.54) is 25.0 Å². The van der Waals surface area contributed by atoms with E-state index in [-0.39, 0.29) is 18.3 Å². The molecule has 36 heavy (non-hydrogen) atoms. The predicted molar refractivity (Wildman–Crippen MR) is 130 cm³/mol. The van der Waals surface area contributed by atoms with Gasteiger partial charge in [-0.3, -0.25) is 13.9 Å². The van der Waals surface area contributed by atoms with Crippen LogP contribution in [0.2, 0.25) is 0 Å². The van der Waals surface area contributed by atoms with E-state index in [2.05, 4.69) is 5.32 Å². The summed E-state index contributed by atoms with van der Waals surface area (Å²) in [5, 5.41) is 2.71. The molecular weight excluding hydrogens is 499 g/mol. The van der Waals surface area contributed by atoms with E-state index in [0.29, 0.717) is 21.7 Å². The topological polar surface area (TPSA) is 96.0 Å². The van der Waals surface area contributed by atoms with E-state index < -0.39 is 46.2 Å². The van der Waals surface area contributed by atoms with Crippen molar-refractivity contribution >= 4 is 27.5 Å². The maximum Gasteiger partial charge on any atom is 0.416 e. The molecule has 1 atom stereocenters. The second kappa shape index (κ2) is 11.6. The molecule has 1 N–H and O–H groups in total. The molecule has 0 spiro atoms. The molecule has 0 heterocycles. The minimum atomic E-state index is -4.70. The number of ether oxygens (including phenoxy) is 1. The van der Waals surface area contributed by atoms with Crippen LogP contribution in [0, 0.1) is 0 Å². The molecule has 2 aromatic rings. The summed E-state index contributed by atoms with van der Waals surface area (Å²) in [6, 6.07) is 9.24. The molecule has 0 fully saturated rings. The number of anilines is 1. The predicted octanol–water partition coefficient (Wildman–Crippen LogP) is 3.42. The first-order valence-electron chi connectivity index (χ1n) is 11.0. The van der Waals surface area contributed by atoms with E-state index in [9.17, 15) is 31.2 Å². The first kappa shape index (κ1) is 29.0. The van der Waals surface area contributed by atoms with E-state index in [1.807, 2.05) is 0 Å². The fraction of sp³-hybridized carbons (Fsp3) is 0.417. The standard InChI is InChI=1S/C24H30F3N3O5S/c1-16(2)28-23(32)17(3)29(14-18-8-6-11-21(12-18)35-4)22(31)15-30(36(5,33)34)20-10-7-9-19(13-20)24(25,26)27/h6-13,16-17H,14-15H2,1-5H3,(H,28,32)/t17-/m1/s1. The normalized spacial score (nSPS) is 12.7. The van der Waals surface area contributed by atoms with E-state index in [0.717, 1.165) is 18.4 Å². The highest BCUT2D eigenvalue weighted by molar-refractivity contribution is 7.92. The number of halogens is 3. The van der Waals surface area contributed by atoms with Gasteiger partial charge in [0.1, 0.15) is 18.3 Å². The molecule has 2 aromatic carbocycles. The number of carbonyl (C=O) groups is 2. The van der Waals surface area contributed by atoms with Crippen molar-refractivity contribution in [1.29, 1.82) is 0 Å². The van der Waals surface area contributed by atoms with Crippen LogP contribution in [0.15, 0.2) is 48.5 Å². The van der Waals surface area contributed by atoms with Crippen molar-refractivity contribution in [2.24, 2.45) is 0 Å². The molecule has 0 unspecified atom stereocenters. The second-order valence-electron chi connectivity index (χ2n) is 8.53. The Morgan fingerprint density at radius 3 is 2.25 bits per heavy atom. The first-order valence-corrected chi connectivity index (χ1v) is 12.9. The molecule has 0 bridgehead atoms. The molecule has 12 heteroatoms. The van der Waals surface area contributed by atoms with Crippen LogP contribution in [-0.2, 0) is 32.3 Å². The van der Waals surface area contributed by atoms with Crippen LogP contribution in [0.1, 0.15) is 31.9 Å². The number of rotatable bonds is 10. The third kappa shape index (κ3) is 7.87. The fourth-order valence-electron chi connectivity index (χ4n) is 3.41. The summed E-state index contributed by atoms with van der Waals surface area (Å²) in [7, 11) is -2.69. The molecule has 0 aliphatic heterocycles. The van der Waals surface area contributed by atoms with Gasteiger partial charge in [0.15, 0.2) is 0 Å². The maximum absolute atomic E-state index is 13.4. The molecule has 0 aliphatic carbocycles. The fourth-order valence-corrected chi connectivity index (χ4v) is 4.25. The van der Waals surface area contributed by atoms with Gasteiger partial charge in [-0.05, 0) is 56.7 Å². The molecule has 2 amide bonds. The second-order valence-corrected chi connectivity index (χ2v) is 10.4. The maximum atomic E-state index is 13.4. The first-order chi connectivity index (χ1) is 16.6. The number of hydrogen-bond donors (Lipinski definition) is 1. The number of methoxy groups -OCH3 is 1. The number of carbonyl (C=O) groups excluding carboxylic acids is 2. The van der Waals surface area contributed by atoms with Crippen LogP contribution in [0.5, 0.6) is 5.75 Å². The molecular formula is C24H30F3N3O5S. The van der Waals surface area contributed by atoms with Gasteiger partial charge in [0.05, 0.1) is 24.6 Å². The third-order valence-electron chi connectivity index (χ3n) is 5.23. The number of nitrogens with one attached hydrogen (secondary N) is 1. The monoisotopic (exact) mass is 529 g/mol. The number of sulfonamides is 1. The van der Waals surface area contributed by atoms with Crippen molar-refractivity contribution in [3.63, 3.8) is 0 Å². The minimum absolute atomic E-state index is 0.0666. The van der Waals surface area contributed by atoms with Crippen molar-refractivity contribution in [2.75, 3.05) is 24.2 Å². The Labute approximate surface area is 209 Å². The van der Waals surface area contributed by atoms with Crippen molar-refractivity contribution < 1.29 is 35.9 Å². The van der Waals surface area contributed by atoms with Crippen LogP contribution in [0.3, 0.4) is 0 Å². The Hall–Kier alpha value is -3.28. The molecule has 0 saturated heterocycles. The lowest BCUT2D eigenvalue weighted by molar-refractivity contribution is -0.139. The van der Waals surface area contributed by atoms with E-state index in [4.69, 9.17) is 4.74 Å². The highest BCUT2D eigenvalue weighted by Gasteiger charge is 2.33. The van der Waals surface area contributed by atoms with Crippen molar-refractivity contribution in [2.45, 2.75) is 45.6 Å². The summed E-state index contributed by atoms with van der Waals surface area (Å²) in [6.45, 7) is 4.12. The molecule has 0 saturated carbocycles. The van der Waals surface area contributed by atoms with Gasteiger partial charge in [0.25, 0.3) is 0 Å². The summed E-state index contributed by atoms with van der Waals surface area (Å²) in [6.07, 6.45) is -3.91. The third-order valence-corrected chi connectivity index (χ3v) is 6.37. The zero-order valence-corrected chi connectivity index (χ0v) is 21.5. The number of benzene rings is 2. The van der Waals surface area contributed by atoms with Gasteiger partial charge in [-0.25, -0.2) is 8.42 Å². The van der Waals surface area contributed by atoms with Gasteiger partial charge in [-0.15, -0.1) is 0 Å². The minimum Gasteiger partial charge on any atom is -0.497 e. The lowest BCUT2D eigenvalue weighted by Gasteiger charge is -2.32. The molecule has 0 aromatic heterocycles. The highest BCUT2D eigenvalue weighted by atomic mass is 32.2. The van der Waals surface area contributed by atoms with Crippen LogP contribution in [0.25, 0.3) is 0 Å². The van der Waals surface area contributed by atoms with Gasteiger partial charge in [0.2, 0.25) is 21.8 Å². The quantitative estimate of drug-likeness (QED) is 0.509. The zero-order chi connectivity index (χ0) is 27.3. The molecule has 8 nitrogen and oxygen atoms in total. The van der Waals surface area contributed by atoms with Gasteiger partial charge in [0, 0.05) is 12.6 Å². The van der Waals surface area contributed by atoms with Crippen molar-refractivity contribution in [3.05, 3.63) is 59.7 Å². The van der Waals surface area contributed by atoms with Crippen molar-refractivity contribution in [1.82, 2.24) is 10.2 Å². The van der Waals surface area contributed by atoms with Crippen LogP contribution < -0.4 is 14.4 Å². The lowest BCUT2D eigenvalue weighted by atomic mass is 10.1. The van der Waals surface area contributed by atoms with Crippen LogP contribution >= 0.6 is 0 Å². The largest absolute Gasteiger partial charge is 0.497 e. The Morgan fingerprint density at radius 2 is 1.69 bits per heavy atom. The summed E-state index contributed by atoms with van der Waals surface area (Å²) < 4.78 is 70.5. The van der Waals surface area contributed by atoms with E-state index >= 15 is 0 Å². The van der Waals surface area contributed by atoms with Gasteiger partial charge in [-0.1, -0.05) is 18.2 Å². The summed E-state index contributed by atoms with van der Waals surface area (Å²) in [5.41, 5.74) is -0.767. The molecule has 0 radical (unpaired) electrons. The average Bonchev–Trinajstić information content (AvgIpc) is 2.78. The number of amides is 2. The average molecular weight is 530 g/mol. The SMILES string of the molecule is COc1cccc(CN(C(=O)CN(c2cccc(C(F)(F)F)c2)S(C)(=O)=O)[C@H](C)C(=O)NC(C)C)c1. The zero-order valence-electron chi connectivity index (χ0n) is 20.7. The van der Waals surface area contributed by atoms with E-state index in [1.54, 1.807) is 38.1 Å². The van der Waals surface area contributed by atoms with Crippen LogP contribution in [0.4, 0.5) is 18.9 Å². The van der Waals surface area contributed by atoms with Crippen molar-refractivity contribution in [3.8, 4) is 5.75 Å². The summed E-state index contributed by atoms with van der Waals surface area (Å²) >= 11 is 0.